The van der Waals surface area contributed by atoms with E-state index in [0.717, 1.165) is 18.9 Å². The van der Waals surface area contributed by atoms with Crippen LogP contribution in [0.1, 0.15) is 24.0 Å². The lowest BCUT2D eigenvalue weighted by Crippen LogP contribution is -2.26. The van der Waals surface area contributed by atoms with Crippen molar-refractivity contribution in [2.45, 2.75) is 37.6 Å². The highest BCUT2D eigenvalue weighted by Crippen LogP contribution is 2.28. The fraction of sp³-hybridized carbons (Fsp3) is 0.455. The summed E-state index contributed by atoms with van der Waals surface area (Å²) in [7, 11) is -3.66. The summed E-state index contributed by atoms with van der Waals surface area (Å²) in [5.41, 5.74) is 0.948. The smallest absolute Gasteiger partial charge is 0.258 e. The first-order valence-corrected chi connectivity index (χ1v) is 7.07. The molecule has 0 saturated heterocycles. The molecular weight excluding hydrogens is 256 g/mol. The van der Waals surface area contributed by atoms with Crippen LogP contribution in [0.4, 0.5) is 5.69 Å². The number of aryl methyl sites for hydroxylation is 1. The fourth-order valence-electron chi connectivity index (χ4n) is 1.68. The van der Waals surface area contributed by atoms with Gasteiger partial charge in [0.25, 0.3) is 5.69 Å². The van der Waals surface area contributed by atoms with E-state index < -0.39 is 14.9 Å². The Morgan fingerprint density at radius 3 is 2.44 bits per heavy atom. The summed E-state index contributed by atoms with van der Waals surface area (Å²) in [6, 6.07) is 2.48. The molecule has 0 aromatic heterocycles. The van der Waals surface area contributed by atoms with E-state index in [2.05, 4.69) is 4.72 Å². The van der Waals surface area contributed by atoms with Crippen LogP contribution in [0.25, 0.3) is 0 Å². The van der Waals surface area contributed by atoms with E-state index in [0.29, 0.717) is 11.1 Å². The van der Waals surface area contributed by atoms with Crippen LogP contribution in [-0.2, 0) is 10.0 Å². The second-order valence-corrected chi connectivity index (χ2v) is 6.22. The van der Waals surface area contributed by atoms with Gasteiger partial charge in [0.15, 0.2) is 0 Å². The molecule has 0 radical (unpaired) electrons. The van der Waals surface area contributed by atoms with Crippen molar-refractivity contribution >= 4 is 15.7 Å². The summed E-state index contributed by atoms with van der Waals surface area (Å²) in [4.78, 5) is 10.2. The van der Waals surface area contributed by atoms with Crippen molar-refractivity contribution in [1.82, 2.24) is 4.72 Å². The molecule has 6 nitrogen and oxygen atoms in total. The molecule has 0 spiro atoms. The molecule has 1 aromatic rings. The minimum Gasteiger partial charge on any atom is -0.258 e. The van der Waals surface area contributed by atoms with Gasteiger partial charge in [0.1, 0.15) is 0 Å². The van der Waals surface area contributed by atoms with E-state index in [9.17, 15) is 18.5 Å². The number of benzene rings is 1. The van der Waals surface area contributed by atoms with Gasteiger partial charge in [-0.25, -0.2) is 13.1 Å². The molecule has 2 rings (SSSR count). The van der Waals surface area contributed by atoms with Gasteiger partial charge >= 0.3 is 0 Å². The first kappa shape index (κ1) is 13.0. The molecule has 0 atom stereocenters. The van der Waals surface area contributed by atoms with E-state index in [1.165, 1.54) is 6.07 Å². The molecule has 1 aromatic carbocycles. The van der Waals surface area contributed by atoms with Crippen molar-refractivity contribution in [1.29, 1.82) is 0 Å². The Labute approximate surface area is 105 Å². The number of hydrogen-bond acceptors (Lipinski definition) is 4. The van der Waals surface area contributed by atoms with Crippen molar-refractivity contribution in [2.75, 3.05) is 0 Å². The zero-order valence-corrected chi connectivity index (χ0v) is 11.0. The lowest BCUT2D eigenvalue weighted by atomic mass is 10.1. The molecule has 7 heteroatoms. The second kappa shape index (κ2) is 4.33. The Morgan fingerprint density at radius 2 is 1.94 bits per heavy atom. The number of nitrogens with zero attached hydrogens (tertiary/aromatic N) is 1. The Hall–Kier alpha value is -1.47. The number of nitro benzene ring substituents is 1. The van der Waals surface area contributed by atoms with Crippen molar-refractivity contribution in [3.63, 3.8) is 0 Å². The summed E-state index contributed by atoms with van der Waals surface area (Å²) in [5.74, 6) is 0. The van der Waals surface area contributed by atoms with Crippen LogP contribution in [0.15, 0.2) is 17.0 Å². The maximum atomic E-state index is 12.1. The maximum Gasteiger partial charge on any atom is 0.271 e. The number of rotatable bonds is 4. The molecule has 0 bridgehead atoms. The Kier molecular flexibility index (Phi) is 3.12. The van der Waals surface area contributed by atoms with Gasteiger partial charge in [-0.15, -0.1) is 0 Å². The summed E-state index contributed by atoms with van der Waals surface area (Å²) in [6.45, 7) is 3.32. The molecule has 0 amide bonds. The third kappa shape index (κ3) is 2.51. The molecule has 1 saturated carbocycles. The van der Waals surface area contributed by atoms with Crippen molar-refractivity contribution in [3.05, 3.63) is 33.4 Å². The van der Waals surface area contributed by atoms with Gasteiger partial charge in [0, 0.05) is 18.2 Å². The van der Waals surface area contributed by atoms with Gasteiger partial charge in [0.05, 0.1) is 9.82 Å². The van der Waals surface area contributed by atoms with E-state index in [4.69, 9.17) is 0 Å². The Balaban J connectivity index is 2.51. The van der Waals surface area contributed by atoms with Gasteiger partial charge in [-0.3, -0.25) is 10.1 Å². The van der Waals surface area contributed by atoms with E-state index >= 15 is 0 Å². The normalized spacial score (nSPS) is 15.7. The van der Waals surface area contributed by atoms with Crippen molar-refractivity contribution < 1.29 is 13.3 Å². The highest BCUT2D eigenvalue weighted by Gasteiger charge is 2.30. The van der Waals surface area contributed by atoms with Crippen LogP contribution in [0.3, 0.4) is 0 Å². The lowest BCUT2D eigenvalue weighted by Gasteiger charge is -2.10. The predicted octanol–water partition coefficient (Wildman–Crippen LogP) is 1.65. The summed E-state index contributed by atoms with van der Waals surface area (Å²) < 4.78 is 26.7. The van der Waals surface area contributed by atoms with E-state index in [1.54, 1.807) is 13.8 Å². The number of nitro groups is 1. The SMILES string of the molecule is Cc1cc([N+](=O)[O-])cc(S(=O)(=O)NC2CC2)c1C. The van der Waals surface area contributed by atoms with Crippen LogP contribution in [-0.4, -0.2) is 19.4 Å². The zero-order chi connectivity index (χ0) is 13.5. The average Bonchev–Trinajstić information content (AvgIpc) is 3.04. The van der Waals surface area contributed by atoms with E-state index in [1.807, 2.05) is 0 Å². The van der Waals surface area contributed by atoms with Gasteiger partial charge < -0.3 is 0 Å². The molecule has 1 fully saturated rings. The van der Waals surface area contributed by atoms with E-state index in [-0.39, 0.29) is 16.6 Å². The van der Waals surface area contributed by atoms with Crippen LogP contribution < -0.4 is 4.72 Å². The lowest BCUT2D eigenvalue weighted by molar-refractivity contribution is -0.385. The van der Waals surface area contributed by atoms with Crippen molar-refractivity contribution in [3.8, 4) is 0 Å². The monoisotopic (exact) mass is 270 g/mol. The number of sulfonamides is 1. The third-order valence-corrected chi connectivity index (χ3v) is 4.65. The third-order valence-electron chi connectivity index (χ3n) is 3.00. The van der Waals surface area contributed by atoms with Crippen LogP contribution in [0, 0.1) is 24.0 Å². The largest absolute Gasteiger partial charge is 0.271 e. The predicted molar refractivity (Wildman–Crippen MR) is 65.9 cm³/mol. The average molecular weight is 270 g/mol. The molecule has 1 N–H and O–H groups in total. The molecule has 0 heterocycles. The Morgan fingerprint density at radius 1 is 1.33 bits per heavy atom. The number of hydrogen-bond donors (Lipinski definition) is 1. The highest BCUT2D eigenvalue weighted by molar-refractivity contribution is 7.89. The highest BCUT2D eigenvalue weighted by atomic mass is 32.2. The molecular formula is C11H14N2O4S. The molecule has 0 unspecified atom stereocenters. The summed E-state index contributed by atoms with van der Waals surface area (Å²) in [5, 5.41) is 10.8. The van der Waals surface area contributed by atoms with Crippen LogP contribution in [0.2, 0.25) is 0 Å². The molecule has 1 aliphatic carbocycles. The molecule has 98 valence electrons. The Bertz CT molecular complexity index is 606. The number of nitrogens with one attached hydrogen (secondary N) is 1. The van der Waals surface area contributed by atoms with Gasteiger partial charge in [-0.05, 0) is 37.8 Å². The van der Waals surface area contributed by atoms with Gasteiger partial charge in [0.2, 0.25) is 10.0 Å². The van der Waals surface area contributed by atoms with Gasteiger partial charge in [-0.1, -0.05) is 0 Å². The standard InChI is InChI=1S/C11H14N2O4S/c1-7-5-10(13(14)15)6-11(8(7)2)18(16,17)12-9-3-4-9/h5-6,9,12H,3-4H2,1-2H3. The zero-order valence-electron chi connectivity index (χ0n) is 10.1. The minimum absolute atomic E-state index is 0.00102. The molecule has 18 heavy (non-hydrogen) atoms. The van der Waals surface area contributed by atoms with Crippen LogP contribution in [0.5, 0.6) is 0 Å². The van der Waals surface area contributed by atoms with Crippen LogP contribution >= 0.6 is 0 Å². The first-order valence-electron chi connectivity index (χ1n) is 5.59. The minimum atomic E-state index is -3.66. The summed E-state index contributed by atoms with van der Waals surface area (Å²) in [6.07, 6.45) is 1.65. The molecule has 0 aliphatic heterocycles. The second-order valence-electron chi connectivity index (χ2n) is 4.54. The van der Waals surface area contributed by atoms with Gasteiger partial charge in [-0.2, -0.15) is 0 Å². The van der Waals surface area contributed by atoms with Crippen molar-refractivity contribution in [2.24, 2.45) is 0 Å². The maximum absolute atomic E-state index is 12.1. The first-order chi connectivity index (χ1) is 8.31. The quantitative estimate of drug-likeness (QED) is 0.665. The fourth-order valence-corrected chi connectivity index (χ4v) is 3.32. The molecule has 1 aliphatic rings. The number of non-ortho nitro benzene ring substituents is 1. The topological polar surface area (TPSA) is 89.3 Å². The summed E-state index contributed by atoms with van der Waals surface area (Å²) >= 11 is 0.